The summed E-state index contributed by atoms with van der Waals surface area (Å²) in [6.07, 6.45) is 4.82. The van der Waals surface area contributed by atoms with Crippen molar-refractivity contribution in [2.24, 2.45) is 0 Å². The van der Waals surface area contributed by atoms with E-state index in [1.165, 1.54) is 11.0 Å². The number of imidazole rings is 1. The summed E-state index contributed by atoms with van der Waals surface area (Å²) in [7, 11) is 1.57. The number of likely N-dealkylation sites (N-methyl/N-ethyl adjacent to an activating group) is 1. The maximum Gasteiger partial charge on any atom is 0.246 e. The molecule has 2 aromatic heterocycles. The number of carbonyl (C=O) groups excluding carboxylic acids is 2. The molecule has 0 aliphatic rings. The van der Waals surface area contributed by atoms with Crippen LogP contribution in [0.15, 0.2) is 65.4 Å². The minimum absolute atomic E-state index is 0. The molecule has 42 heavy (non-hydrogen) atoms. The molecule has 2 amide bonds. The minimum Gasteiger partial charge on any atom is -0.491 e. The van der Waals surface area contributed by atoms with Gasteiger partial charge in [-0.3, -0.25) is 14.0 Å². The van der Waals surface area contributed by atoms with Crippen LogP contribution >= 0.6 is 51.5 Å². The Morgan fingerprint density at radius 1 is 1.14 bits per heavy atom. The molecule has 0 radical (unpaired) electrons. The molecule has 4 rings (SSSR count). The second-order valence-electron chi connectivity index (χ2n) is 8.85. The largest absolute Gasteiger partial charge is 0.491 e. The lowest BCUT2D eigenvalue weighted by molar-refractivity contribution is -0.122. The molecule has 0 aliphatic heterocycles. The number of anilines is 1. The predicted molar refractivity (Wildman–Crippen MR) is 170 cm³/mol. The first kappa shape index (κ1) is 33.2. The molecule has 2 N–H and O–H groups in total. The highest BCUT2D eigenvalue weighted by Crippen LogP contribution is 2.35. The molecule has 0 aliphatic carbocycles. The molecule has 4 aromatic rings. The van der Waals surface area contributed by atoms with E-state index in [1.807, 2.05) is 23.6 Å². The molecular weight excluding hydrogens is 671 g/mol. The number of aliphatic hydroxyl groups excluding tert-OH is 1. The van der Waals surface area contributed by atoms with Crippen molar-refractivity contribution < 1.29 is 24.2 Å². The number of hydrogen-bond donors (Lipinski definition) is 2. The van der Waals surface area contributed by atoms with Crippen LogP contribution in [0.4, 0.5) is 5.69 Å². The molecule has 9 nitrogen and oxygen atoms in total. The number of ether oxygens (including phenoxy) is 2. The molecule has 2 heterocycles. The molecule has 0 saturated carbocycles. The van der Waals surface area contributed by atoms with E-state index in [-0.39, 0.29) is 49.7 Å². The second-order valence-corrected chi connectivity index (χ2v) is 10.4. The highest BCUT2D eigenvalue weighted by atomic mass is 79.9. The normalized spacial score (nSPS) is 10.9. The van der Waals surface area contributed by atoms with E-state index in [9.17, 15) is 9.59 Å². The first-order valence-electron chi connectivity index (χ1n) is 12.5. The van der Waals surface area contributed by atoms with Crippen LogP contribution < -0.4 is 19.7 Å². The van der Waals surface area contributed by atoms with Gasteiger partial charge in [-0.1, -0.05) is 35.3 Å². The number of benzene rings is 2. The quantitative estimate of drug-likeness (QED) is 0.190. The second kappa shape index (κ2) is 15.3. The highest BCUT2D eigenvalue weighted by molar-refractivity contribution is 9.10. The highest BCUT2D eigenvalue weighted by Gasteiger charge is 2.19. The van der Waals surface area contributed by atoms with Crippen LogP contribution in [0, 0.1) is 6.92 Å². The zero-order valence-electron chi connectivity index (χ0n) is 22.6. The molecule has 0 unspecified atom stereocenters. The third-order valence-corrected chi connectivity index (χ3v) is 7.80. The third kappa shape index (κ3) is 7.96. The van der Waals surface area contributed by atoms with Crippen molar-refractivity contribution in [3.05, 3.63) is 92.3 Å². The van der Waals surface area contributed by atoms with Gasteiger partial charge in [0.25, 0.3) is 0 Å². The summed E-state index contributed by atoms with van der Waals surface area (Å²) in [5, 5.41) is 12.1. The zero-order valence-corrected chi connectivity index (χ0v) is 26.6. The monoisotopic (exact) mass is 696 g/mol. The number of pyridine rings is 1. The molecule has 0 atom stereocenters. The van der Waals surface area contributed by atoms with Crippen LogP contribution in [-0.2, 0) is 16.2 Å². The Morgan fingerprint density at radius 2 is 1.88 bits per heavy atom. The number of nitrogens with zero attached hydrogens (tertiary/aromatic N) is 3. The van der Waals surface area contributed by atoms with Gasteiger partial charge in [0.1, 0.15) is 23.6 Å². The van der Waals surface area contributed by atoms with Crippen LogP contribution in [0.1, 0.15) is 16.8 Å². The summed E-state index contributed by atoms with van der Waals surface area (Å²) >= 11 is 16.6. The third-order valence-electron chi connectivity index (χ3n) is 6.07. The molecule has 13 heteroatoms. The fourth-order valence-corrected chi connectivity index (χ4v) is 4.83. The topological polar surface area (TPSA) is 105 Å². The Kier molecular flexibility index (Phi) is 12.1. The number of rotatable bonds is 11. The Bertz CT molecular complexity index is 1590. The van der Waals surface area contributed by atoms with Crippen LogP contribution in [-0.4, -0.2) is 53.1 Å². The first-order valence-corrected chi connectivity index (χ1v) is 14.0. The Labute approximate surface area is 267 Å². The molecule has 0 bridgehead atoms. The maximum absolute atomic E-state index is 12.9. The van der Waals surface area contributed by atoms with Crippen molar-refractivity contribution in [3.63, 3.8) is 0 Å². The van der Waals surface area contributed by atoms with Crippen LogP contribution in [0.3, 0.4) is 0 Å². The fourth-order valence-electron chi connectivity index (χ4n) is 3.85. The SMILES string of the molecule is Cc1nc2c(OCc3c(Cl)ccc(N(C)C(=O)CNC(=O)/C=C/c4ccc(OCCO)cc4)c3Cl)cccn2c1Br.Cl. The van der Waals surface area contributed by atoms with E-state index in [4.69, 9.17) is 37.8 Å². The average molecular weight is 699 g/mol. The van der Waals surface area contributed by atoms with E-state index in [1.54, 1.807) is 55.6 Å². The molecule has 2 aromatic carbocycles. The summed E-state index contributed by atoms with van der Waals surface area (Å²) in [6, 6.07) is 13.9. The van der Waals surface area contributed by atoms with Crippen LogP contribution in [0.2, 0.25) is 10.0 Å². The van der Waals surface area contributed by atoms with Crippen molar-refractivity contribution in [1.29, 1.82) is 0 Å². The molecule has 0 fully saturated rings. The summed E-state index contributed by atoms with van der Waals surface area (Å²) in [5.74, 6) is 0.350. The molecule has 0 saturated heterocycles. The lowest BCUT2D eigenvalue weighted by Crippen LogP contribution is -2.37. The molecule has 0 spiro atoms. The minimum atomic E-state index is -0.432. The molecular formula is C29H28BrCl3N4O5. The summed E-state index contributed by atoms with van der Waals surface area (Å²) in [4.78, 5) is 31.1. The number of hydrogen-bond acceptors (Lipinski definition) is 6. The lowest BCUT2D eigenvalue weighted by atomic mass is 10.2. The first-order chi connectivity index (χ1) is 19.7. The van der Waals surface area contributed by atoms with Gasteiger partial charge in [0.05, 0.1) is 29.6 Å². The zero-order chi connectivity index (χ0) is 29.5. The number of carbonyl (C=O) groups is 2. The Balaban J connectivity index is 0.00000484. The van der Waals surface area contributed by atoms with Crippen molar-refractivity contribution in [2.75, 3.05) is 31.7 Å². The number of halogens is 4. The smallest absolute Gasteiger partial charge is 0.246 e. The van der Waals surface area contributed by atoms with Crippen molar-refractivity contribution in [3.8, 4) is 11.5 Å². The Hall–Kier alpha value is -3.28. The number of amides is 2. The van der Waals surface area contributed by atoms with Gasteiger partial charge in [-0.15, -0.1) is 12.4 Å². The van der Waals surface area contributed by atoms with Crippen molar-refractivity contribution in [2.45, 2.75) is 13.5 Å². The number of nitrogens with one attached hydrogen (secondary N) is 1. The number of aliphatic hydroxyl groups is 1. The van der Waals surface area contributed by atoms with Gasteiger partial charge in [0.15, 0.2) is 11.4 Å². The van der Waals surface area contributed by atoms with E-state index < -0.39 is 5.91 Å². The van der Waals surface area contributed by atoms with Gasteiger partial charge in [0, 0.05) is 29.9 Å². The van der Waals surface area contributed by atoms with Crippen molar-refractivity contribution in [1.82, 2.24) is 14.7 Å². The van der Waals surface area contributed by atoms with E-state index in [0.717, 1.165) is 15.9 Å². The van der Waals surface area contributed by atoms with Crippen molar-refractivity contribution >= 4 is 80.8 Å². The number of fused-ring (bicyclic) bond motifs is 1. The van der Waals surface area contributed by atoms with Gasteiger partial charge in [-0.05, 0) is 70.9 Å². The van der Waals surface area contributed by atoms with Gasteiger partial charge in [0.2, 0.25) is 11.8 Å². The fraction of sp³-hybridized carbons (Fsp3) is 0.207. The van der Waals surface area contributed by atoms with E-state index in [2.05, 4.69) is 26.2 Å². The number of aryl methyl sites for hydroxylation is 1. The van der Waals surface area contributed by atoms with Gasteiger partial charge in [-0.25, -0.2) is 4.98 Å². The predicted octanol–water partition coefficient (Wildman–Crippen LogP) is 5.88. The maximum atomic E-state index is 12.9. The lowest BCUT2D eigenvalue weighted by Gasteiger charge is -2.21. The van der Waals surface area contributed by atoms with Gasteiger partial charge in [-0.2, -0.15) is 0 Å². The van der Waals surface area contributed by atoms with E-state index >= 15 is 0 Å². The van der Waals surface area contributed by atoms with Gasteiger partial charge >= 0.3 is 0 Å². The van der Waals surface area contributed by atoms with Crippen LogP contribution in [0.5, 0.6) is 11.5 Å². The standard InChI is InChI=1S/C29H27BrCl2N4O5.ClH/c1-18-28(30)36-13-3-4-24(29(36)34-18)41-17-21-22(31)10-11-23(27(21)32)35(2)26(39)16-33-25(38)12-7-19-5-8-20(9-6-19)40-15-14-37;/h3-13,37H,14-17H2,1-2H3,(H,33,38);1H/b12-7+;. The summed E-state index contributed by atoms with van der Waals surface area (Å²) < 4.78 is 14.0. The summed E-state index contributed by atoms with van der Waals surface area (Å²) in [6.45, 7) is 1.83. The van der Waals surface area contributed by atoms with Gasteiger partial charge < -0.3 is 24.8 Å². The Morgan fingerprint density at radius 3 is 2.60 bits per heavy atom. The van der Waals surface area contributed by atoms with E-state index in [0.29, 0.717) is 33.4 Å². The number of aromatic nitrogens is 2. The van der Waals surface area contributed by atoms with Crippen LogP contribution in [0.25, 0.3) is 11.7 Å². The molecule has 222 valence electrons. The average Bonchev–Trinajstić information content (AvgIpc) is 3.27. The summed E-state index contributed by atoms with van der Waals surface area (Å²) in [5.41, 5.74) is 3.16.